The zero-order valence-corrected chi connectivity index (χ0v) is 9.48. The molecule has 0 unspecified atom stereocenters. The van der Waals surface area contributed by atoms with Gasteiger partial charge in [-0.15, -0.1) is 0 Å². The summed E-state index contributed by atoms with van der Waals surface area (Å²) in [5, 5.41) is 8.90. The predicted molar refractivity (Wildman–Crippen MR) is 58.7 cm³/mol. The molecule has 0 bridgehead atoms. The second-order valence-electron chi connectivity index (χ2n) is 5.16. The van der Waals surface area contributed by atoms with Crippen LogP contribution in [0.1, 0.15) is 38.5 Å². The smallest absolute Gasteiger partial charge is 0.303 e. The van der Waals surface area contributed by atoms with Crippen molar-refractivity contribution < 1.29 is 9.90 Å². The average Bonchev–Trinajstić information content (AvgIpc) is 2.74. The number of hydrogen-bond acceptors (Lipinski definition) is 2. The lowest BCUT2D eigenvalue weighted by molar-refractivity contribution is -0.138. The van der Waals surface area contributed by atoms with Crippen molar-refractivity contribution in [2.24, 2.45) is 11.8 Å². The summed E-state index contributed by atoms with van der Waals surface area (Å²) >= 11 is 0. The molecule has 1 N–H and O–H groups in total. The van der Waals surface area contributed by atoms with Crippen molar-refractivity contribution >= 4 is 5.97 Å². The molecule has 2 fully saturated rings. The van der Waals surface area contributed by atoms with E-state index in [4.69, 9.17) is 5.11 Å². The van der Waals surface area contributed by atoms with Crippen LogP contribution in [0.5, 0.6) is 0 Å². The van der Waals surface area contributed by atoms with Crippen LogP contribution in [0.3, 0.4) is 0 Å². The highest BCUT2D eigenvalue weighted by Gasteiger charge is 2.39. The molecule has 2 aliphatic rings. The molecule has 1 heterocycles. The summed E-state index contributed by atoms with van der Waals surface area (Å²) in [5.41, 5.74) is 0. The van der Waals surface area contributed by atoms with E-state index in [0.29, 0.717) is 18.4 Å². The van der Waals surface area contributed by atoms with Gasteiger partial charge < -0.3 is 10.0 Å². The zero-order chi connectivity index (χ0) is 10.8. The van der Waals surface area contributed by atoms with E-state index >= 15 is 0 Å². The summed E-state index contributed by atoms with van der Waals surface area (Å²) < 4.78 is 0. The van der Waals surface area contributed by atoms with Crippen LogP contribution in [-0.2, 0) is 4.79 Å². The summed E-state index contributed by atoms with van der Waals surface area (Å²) in [4.78, 5) is 13.2. The molecule has 2 atom stereocenters. The number of hydrogen-bond donors (Lipinski definition) is 1. The highest BCUT2D eigenvalue weighted by Crippen LogP contribution is 2.38. The van der Waals surface area contributed by atoms with Crippen LogP contribution in [0.4, 0.5) is 0 Å². The molecular formula is C12H21NO2. The van der Waals surface area contributed by atoms with Crippen molar-refractivity contribution in [2.75, 3.05) is 13.6 Å². The molecule has 0 aromatic carbocycles. The molecule has 1 saturated heterocycles. The lowest BCUT2D eigenvalue weighted by Gasteiger charge is -2.30. The van der Waals surface area contributed by atoms with Crippen LogP contribution in [-0.4, -0.2) is 35.6 Å². The Hall–Kier alpha value is -0.570. The minimum absolute atomic E-state index is 0.367. The van der Waals surface area contributed by atoms with Crippen molar-refractivity contribution in [3.8, 4) is 0 Å². The van der Waals surface area contributed by atoms with E-state index < -0.39 is 5.97 Å². The second kappa shape index (κ2) is 4.52. The van der Waals surface area contributed by atoms with Gasteiger partial charge in [-0.1, -0.05) is 12.8 Å². The van der Waals surface area contributed by atoms with Gasteiger partial charge in [-0.05, 0) is 44.7 Å². The zero-order valence-electron chi connectivity index (χ0n) is 9.48. The van der Waals surface area contributed by atoms with Crippen molar-refractivity contribution in [3.63, 3.8) is 0 Å². The minimum Gasteiger partial charge on any atom is -0.481 e. The Bertz CT molecular complexity index is 236. The first-order valence-electron chi connectivity index (χ1n) is 6.10. The van der Waals surface area contributed by atoms with Crippen molar-refractivity contribution in [2.45, 2.75) is 44.6 Å². The molecule has 15 heavy (non-hydrogen) atoms. The summed E-state index contributed by atoms with van der Waals surface area (Å²) in [5.74, 6) is 0.538. The molecule has 2 rings (SSSR count). The molecule has 0 amide bonds. The van der Waals surface area contributed by atoms with Crippen LogP contribution in [0.25, 0.3) is 0 Å². The predicted octanol–water partition coefficient (Wildman–Crippen LogP) is 1.97. The normalized spacial score (nSPS) is 33.7. The van der Waals surface area contributed by atoms with Gasteiger partial charge >= 0.3 is 5.97 Å². The summed E-state index contributed by atoms with van der Waals surface area (Å²) in [6.07, 6.45) is 6.75. The number of carboxylic acids is 1. The summed E-state index contributed by atoms with van der Waals surface area (Å²) in [7, 11) is 2.16. The van der Waals surface area contributed by atoms with Crippen LogP contribution < -0.4 is 0 Å². The van der Waals surface area contributed by atoms with E-state index in [1.54, 1.807) is 0 Å². The fourth-order valence-electron chi connectivity index (χ4n) is 3.54. The Morgan fingerprint density at radius 3 is 2.60 bits per heavy atom. The number of likely N-dealkylation sites (tertiary alicyclic amines) is 1. The third-order valence-corrected chi connectivity index (χ3v) is 4.16. The standard InChI is InChI=1S/C12H21NO2/c1-13-7-6-10(8-11(14)15)12(13)9-4-2-3-5-9/h9-10,12H,2-8H2,1H3,(H,14,15)/t10-,12-/m0/s1. The van der Waals surface area contributed by atoms with E-state index in [2.05, 4.69) is 11.9 Å². The third kappa shape index (κ3) is 2.33. The lowest BCUT2D eigenvalue weighted by atomic mass is 9.86. The average molecular weight is 211 g/mol. The van der Waals surface area contributed by atoms with Gasteiger partial charge in [0.15, 0.2) is 0 Å². The van der Waals surface area contributed by atoms with Crippen molar-refractivity contribution in [1.82, 2.24) is 4.90 Å². The molecule has 0 radical (unpaired) electrons. The molecule has 0 spiro atoms. The van der Waals surface area contributed by atoms with Gasteiger partial charge in [0, 0.05) is 12.5 Å². The fraction of sp³-hybridized carbons (Fsp3) is 0.917. The number of carbonyl (C=O) groups is 1. The van der Waals surface area contributed by atoms with Gasteiger partial charge in [-0.2, -0.15) is 0 Å². The van der Waals surface area contributed by atoms with Crippen molar-refractivity contribution in [3.05, 3.63) is 0 Å². The first-order chi connectivity index (χ1) is 7.18. The quantitative estimate of drug-likeness (QED) is 0.776. The number of rotatable bonds is 3. The molecule has 0 aromatic heterocycles. The van der Waals surface area contributed by atoms with Crippen LogP contribution in [0.2, 0.25) is 0 Å². The molecule has 0 aromatic rings. The highest BCUT2D eigenvalue weighted by molar-refractivity contribution is 5.67. The van der Waals surface area contributed by atoms with E-state index in [0.717, 1.165) is 18.9 Å². The maximum atomic E-state index is 10.8. The molecular weight excluding hydrogens is 190 g/mol. The van der Waals surface area contributed by atoms with E-state index in [1.165, 1.54) is 25.7 Å². The van der Waals surface area contributed by atoms with Crippen LogP contribution >= 0.6 is 0 Å². The van der Waals surface area contributed by atoms with Gasteiger partial charge in [0.25, 0.3) is 0 Å². The van der Waals surface area contributed by atoms with E-state index in [-0.39, 0.29) is 0 Å². The summed E-state index contributed by atoms with van der Waals surface area (Å²) in [6, 6.07) is 0.545. The molecule has 86 valence electrons. The first kappa shape index (κ1) is 10.9. The van der Waals surface area contributed by atoms with Gasteiger partial charge in [0.2, 0.25) is 0 Å². The summed E-state index contributed by atoms with van der Waals surface area (Å²) in [6.45, 7) is 1.08. The maximum absolute atomic E-state index is 10.8. The number of carboxylic acid groups (broad SMARTS) is 1. The topological polar surface area (TPSA) is 40.5 Å². The molecule has 3 heteroatoms. The van der Waals surface area contributed by atoms with Gasteiger partial charge in [0.1, 0.15) is 0 Å². The van der Waals surface area contributed by atoms with E-state index in [9.17, 15) is 4.79 Å². The highest BCUT2D eigenvalue weighted by atomic mass is 16.4. The van der Waals surface area contributed by atoms with Gasteiger partial charge in [-0.3, -0.25) is 4.79 Å². The Morgan fingerprint density at radius 1 is 1.33 bits per heavy atom. The van der Waals surface area contributed by atoms with Crippen LogP contribution in [0.15, 0.2) is 0 Å². The Kier molecular flexibility index (Phi) is 3.29. The Labute approximate surface area is 91.5 Å². The monoisotopic (exact) mass is 211 g/mol. The SMILES string of the molecule is CN1CC[C@@H](CC(=O)O)[C@@H]1C1CCCC1. The second-order valence-corrected chi connectivity index (χ2v) is 5.16. The number of nitrogens with zero attached hydrogens (tertiary/aromatic N) is 1. The number of aliphatic carboxylic acids is 1. The Morgan fingerprint density at radius 2 is 2.00 bits per heavy atom. The molecule has 1 aliphatic carbocycles. The van der Waals surface area contributed by atoms with E-state index in [1.807, 2.05) is 0 Å². The maximum Gasteiger partial charge on any atom is 0.303 e. The fourth-order valence-corrected chi connectivity index (χ4v) is 3.54. The molecule has 1 aliphatic heterocycles. The Balaban J connectivity index is 2.00. The van der Waals surface area contributed by atoms with Gasteiger partial charge in [-0.25, -0.2) is 0 Å². The van der Waals surface area contributed by atoms with Crippen molar-refractivity contribution in [1.29, 1.82) is 0 Å². The molecule has 1 saturated carbocycles. The molecule has 3 nitrogen and oxygen atoms in total. The largest absolute Gasteiger partial charge is 0.481 e. The lowest BCUT2D eigenvalue weighted by Crippen LogP contribution is -2.36. The van der Waals surface area contributed by atoms with Crippen LogP contribution in [0, 0.1) is 11.8 Å². The minimum atomic E-state index is -0.627. The van der Waals surface area contributed by atoms with Gasteiger partial charge in [0.05, 0.1) is 0 Å². The first-order valence-corrected chi connectivity index (χ1v) is 6.10. The third-order valence-electron chi connectivity index (χ3n) is 4.16.